The highest BCUT2D eigenvalue weighted by atomic mass is 32.2. The van der Waals surface area contributed by atoms with Crippen molar-refractivity contribution in [2.75, 3.05) is 7.05 Å². The van der Waals surface area contributed by atoms with Gasteiger partial charge in [-0.3, -0.25) is 14.5 Å². The fraction of sp³-hybridized carbons (Fsp3) is 0.556. The van der Waals surface area contributed by atoms with Gasteiger partial charge in [0.2, 0.25) is 0 Å². The summed E-state index contributed by atoms with van der Waals surface area (Å²) in [5, 5.41) is 0. The van der Waals surface area contributed by atoms with Gasteiger partial charge in [-0.2, -0.15) is 0 Å². The van der Waals surface area contributed by atoms with Gasteiger partial charge in [0.15, 0.2) is 0 Å². The number of rotatable bonds is 1. The molecule has 0 saturated carbocycles. The molecule has 1 unspecified atom stereocenters. The molecule has 76 valence electrons. The van der Waals surface area contributed by atoms with Crippen LogP contribution in [0.4, 0.5) is 0 Å². The Morgan fingerprint density at radius 2 is 1.86 bits per heavy atom. The zero-order valence-electron chi connectivity index (χ0n) is 8.40. The maximum atomic E-state index is 11.0. The molecule has 1 fully saturated rings. The summed E-state index contributed by atoms with van der Waals surface area (Å²) in [6.45, 7) is 8.00. The van der Waals surface area contributed by atoms with E-state index in [9.17, 15) is 9.59 Å². The van der Waals surface area contributed by atoms with Crippen molar-refractivity contribution in [3.8, 4) is 0 Å². The molecule has 4 nitrogen and oxygen atoms in total. The van der Waals surface area contributed by atoms with Gasteiger partial charge in [-0.1, -0.05) is 18.3 Å². The van der Waals surface area contributed by atoms with E-state index in [1.807, 2.05) is 25.8 Å². The van der Waals surface area contributed by atoms with Gasteiger partial charge in [0.25, 0.3) is 0 Å². The van der Waals surface area contributed by atoms with Gasteiger partial charge in [-0.25, -0.2) is 4.57 Å². The Balaban J connectivity index is 2.36. The van der Waals surface area contributed by atoms with Crippen LogP contribution in [0.25, 0.3) is 0 Å². The summed E-state index contributed by atoms with van der Waals surface area (Å²) in [5.41, 5.74) is -1.14. The second-order valence-electron chi connectivity index (χ2n) is 4.02. The quantitative estimate of drug-likeness (QED) is 0.636. The zero-order valence-corrected chi connectivity index (χ0v) is 9.22. The minimum atomic E-state index is -0.389. The highest BCUT2D eigenvalue weighted by Gasteiger charge is 2.45. The lowest BCUT2D eigenvalue weighted by molar-refractivity contribution is 0.169. The van der Waals surface area contributed by atoms with Gasteiger partial charge in [0.05, 0.1) is 0 Å². The molecular weight excluding hydrogens is 200 g/mol. The van der Waals surface area contributed by atoms with Gasteiger partial charge in [-0.15, -0.1) is 0 Å². The summed E-state index contributed by atoms with van der Waals surface area (Å²) in [5.74, 6) is 0. The Morgan fingerprint density at radius 1 is 1.36 bits per heavy atom. The molecule has 0 N–H and O–H groups in total. The van der Waals surface area contributed by atoms with Crippen molar-refractivity contribution >= 4 is 11.8 Å². The molecule has 5 heteroatoms. The molecule has 0 radical (unpaired) electrons. The molecule has 1 atom stereocenters. The van der Waals surface area contributed by atoms with Crippen LogP contribution in [-0.4, -0.2) is 22.1 Å². The van der Waals surface area contributed by atoms with E-state index in [-0.39, 0.29) is 22.2 Å². The first kappa shape index (κ1) is 9.73. The lowest BCUT2D eigenvalue weighted by Crippen LogP contribution is -2.38. The van der Waals surface area contributed by atoms with Crippen LogP contribution in [-0.2, 0) is 0 Å². The monoisotopic (exact) mass is 212 g/mol. The van der Waals surface area contributed by atoms with Gasteiger partial charge >= 0.3 is 11.1 Å². The van der Waals surface area contributed by atoms with Crippen molar-refractivity contribution in [1.82, 2.24) is 9.47 Å². The van der Waals surface area contributed by atoms with Crippen LogP contribution >= 0.6 is 11.8 Å². The molecule has 14 heavy (non-hydrogen) atoms. The Bertz CT molecular complexity index is 442. The standard InChI is InChI=1S/C9H12N2O2S/c1-5-9(2,3)10(4)8(14-5)11-6(12)7(11)13/h8H,1H2,2-4H3. The average Bonchev–Trinajstić information content (AvgIpc) is 2.63. The van der Waals surface area contributed by atoms with Crippen molar-refractivity contribution in [2.45, 2.75) is 24.9 Å². The van der Waals surface area contributed by atoms with Crippen LogP contribution in [0.5, 0.6) is 0 Å². The SMILES string of the molecule is C=C1SC(n2c(=O)c2=O)N(C)C1(C)C. The molecule has 1 saturated heterocycles. The van der Waals surface area contributed by atoms with E-state index in [1.165, 1.54) is 16.3 Å². The van der Waals surface area contributed by atoms with E-state index >= 15 is 0 Å². The van der Waals surface area contributed by atoms with Crippen LogP contribution in [0, 0.1) is 0 Å². The Hall–Kier alpha value is -0.810. The molecule has 1 aromatic rings. The first-order chi connectivity index (χ1) is 6.37. The molecule has 1 aliphatic rings. The number of thioether (sulfide) groups is 1. The third kappa shape index (κ3) is 1.05. The first-order valence-electron chi connectivity index (χ1n) is 4.34. The van der Waals surface area contributed by atoms with Crippen LogP contribution in [0.2, 0.25) is 0 Å². The number of aromatic nitrogens is 1. The summed E-state index contributed by atoms with van der Waals surface area (Å²) in [6, 6.07) is 0. The van der Waals surface area contributed by atoms with Crippen molar-refractivity contribution in [2.24, 2.45) is 0 Å². The van der Waals surface area contributed by atoms with Crippen molar-refractivity contribution in [1.29, 1.82) is 0 Å². The Labute approximate surface area is 85.9 Å². The minimum absolute atomic E-state index is 0.168. The molecular formula is C9H12N2O2S. The minimum Gasteiger partial charge on any atom is -0.267 e. The number of nitrogens with zero attached hydrogens (tertiary/aromatic N) is 2. The van der Waals surface area contributed by atoms with E-state index in [2.05, 4.69) is 6.58 Å². The van der Waals surface area contributed by atoms with Gasteiger partial charge < -0.3 is 0 Å². The summed E-state index contributed by atoms with van der Waals surface area (Å²) < 4.78 is 1.27. The highest BCUT2D eigenvalue weighted by Crippen LogP contribution is 2.48. The van der Waals surface area contributed by atoms with Crippen LogP contribution in [0.3, 0.4) is 0 Å². The molecule has 2 rings (SSSR count). The topological polar surface area (TPSA) is 42.3 Å². The normalized spacial score (nSPS) is 27.6. The zero-order chi connectivity index (χ0) is 10.7. The molecule has 1 aliphatic heterocycles. The molecule has 0 spiro atoms. The fourth-order valence-corrected chi connectivity index (χ4v) is 2.80. The van der Waals surface area contributed by atoms with Crippen molar-refractivity contribution in [3.63, 3.8) is 0 Å². The van der Waals surface area contributed by atoms with E-state index in [0.717, 1.165) is 4.91 Å². The van der Waals surface area contributed by atoms with E-state index in [1.54, 1.807) is 0 Å². The summed E-state index contributed by atoms with van der Waals surface area (Å²) >= 11 is 1.47. The second kappa shape index (κ2) is 2.61. The molecule has 1 aromatic heterocycles. The number of hydrogen-bond acceptors (Lipinski definition) is 4. The second-order valence-corrected chi connectivity index (χ2v) is 5.17. The largest absolute Gasteiger partial charge is 0.321 e. The van der Waals surface area contributed by atoms with Gasteiger partial charge in [0, 0.05) is 10.4 Å². The molecule has 0 bridgehead atoms. The molecule has 0 amide bonds. The van der Waals surface area contributed by atoms with E-state index < -0.39 is 0 Å². The smallest absolute Gasteiger partial charge is 0.267 e. The molecule has 0 aliphatic carbocycles. The Morgan fingerprint density at radius 3 is 2.14 bits per heavy atom. The Kier molecular flexibility index (Phi) is 1.81. The van der Waals surface area contributed by atoms with E-state index in [0.29, 0.717) is 0 Å². The maximum Gasteiger partial charge on any atom is 0.321 e. The molecule has 2 heterocycles. The highest BCUT2D eigenvalue weighted by molar-refractivity contribution is 8.03. The number of likely N-dealkylation sites (N-methyl/N-ethyl adjacent to an activating group) is 1. The summed E-state index contributed by atoms with van der Waals surface area (Å²) in [7, 11) is 1.90. The van der Waals surface area contributed by atoms with Crippen LogP contribution in [0.1, 0.15) is 19.3 Å². The predicted molar refractivity (Wildman–Crippen MR) is 57.0 cm³/mol. The van der Waals surface area contributed by atoms with Gasteiger partial charge in [0.1, 0.15) is 5.50 Å². The van der Waals surface area contributed by atoms with E-state index in [4.69, 9.17) is 0 Å². The van der Waals surface area contributed by atoms with Gasteiger partial charge in [-0.05, 0) is 20.9 Å². The maximum absolute atomic E-state index is 11.0. The lowest BCUT2D eigenvalue weighted by atomic mass is 10.0. The van der Waals surface area contributed by atoms with Crippen molar-refractivity contribution < 1.29 is 0 Å². The third-order valence-corrected chi connectivity index (χ3v) is 4.46. The number of hydrogen-bond donors (Lipinski definition) is 0. The van der Waals surface area contributed by atoms with Crippen LogP contribution in [0.15, 0.2) is 21.1 Å². The van der Waals surface area contributed by atoms with Crippen molar-refractivity contribution in [3.05, 3.63) is 32.2 Å². The average molecular weight is 212 g/mol. The predicted octanol–water partition coefficient (Wildman–Crippen LogP) is 0.511. The molecule has 0 aromatic carbocycles. The summed E-state index contributed by atoms with van der Waals surface area (Å²) in [4.78, 5) is 24.9. The summed E-state index contributed by atoms with van der Waals surface area (Å²) in [6.07, 6.45) is 0. The first-order valence-corrected chi connectivity index (χ1v) is 5.22. The fourth-order valence-electron chi connectivity index (χ4n) is 1.40. The third-order valence-electron chi connectivity index (χ3n) is 2.93. The van der Waals surface area contributed by atoms with Crippen LogP contribution < -0.4 is 11.1 Å². The lowest BCUT2D eigenvalue weighted by Gasteiger charge is -2.29.